The van der Waals surface area contributed by atoms with Crippen LogP contribution in [0.4, 0.5) is 5.13 Å². The van der Waals surface area contributed by atoms with E-state index in [4.69, 9.17) is 5.73 Å². The number of nitrogens with zero attached hydrogens (tertiary/aromatic N) is 3. The Labute approximate surface area is 105 Å². The number of amides is 1. The average Bonchev–Trinajstić information content (AvgIpc) is 2.66. The predicted octanol–water partition coefficient (Wildman–Crippen LogP) is 0.778. The summed E-state index contributed by atoms with van der Waals surface area (Å²) in [6, 6.07) is 0. The van der Waals surface area contributed by atoms with Crippen LogP contribution in [0.2, 0.25) is 0 Å². The van der Waals surface area contributed by atoms with Crippen LogP contribution in [0.25, 0.3) is 0 Å². The van der Waals surface area contributed by atoms with Gasteiger partial charge in [0.05, 0.1) is 11.2 Å². The molecule has 1 aliphatic heterocycles. The number of rotatable bonds is 2. The maximum absolute atomic E-state index is 12.1. The number of anilines is 1. The fourth-order valence-corrected chi connectivity index (χ4v) is 2.68. The van der Waals surface area contributed by atoms with Crippen LogP contribution in [-0.2, 0) is 11.3 Å². The van der Waals surface area contributed by atoms with E-state index in [0.717, 1.165) is 18.8 Å². The summed E-state index contributed by atoms with van der Waals surface area (Å²) in [4.78, 5) is 20.3. The highest BCUT2D eigenvalue weighted by atomic mass is 32.1. The first kappa shape index (κ1) is 12.3. The molecule has 2 rings (SSSR count). The van der Waals surface area contributed by atoms with Crippen LogP contribution in [0, 0.1) is 0 Å². The monoisotopic (exact) mass is 254 g/mol. The van der Waals surface area contributed by atoms with Crippen LogP contribution in [-0.4, -0.2) is 46.4 Å². The summed E-state index contributed by atoms with van der Waals surface area (Å²) in [6.45, 7) is 6.23. The number of carbonyl (C=O) groups excluding carboxylic acids is 1. The first-order valence-electron chi connectivity index (χ1n) is 5.62. The van der Waals surface area contributed by atoms with Crippen molar-refractivity contribution >= 4 is 22.4 Å². The number of carbonyl (C=O) groups is 1. The van der Waals surface area contributed by atoms with Crippen molar-refractivity contribution in [2.24, 2.45) is 0 Å². The third-order valence-electron chi connectivity index (χ3n) is 3.29. The van der Waals surface area contributed by atoms with Gasteiger partial charge in [-0.3, -0.25) is 9.69 Å². The van der Waals surface area contributed by atoms with E-state index in [2.05, 4.69) is 9.88 Å². The van der Waals surface area contributed by atoms with E-state index < -0.39 is 5.54 Å². The topological polar surface area (TPSA) is 62.5 Å². The van der Waals surface area contributed by atoms with Crippen LogP contribution < -0.4 is 5.73 Å². The minimum atomic E-state index is -0.467. The summed E-state index contributed by atoms with van der Waals surface area (Å²) in [7, 11) is 1.85. The zero-order chi connectivity index (χ0) is 12.6. The Morgan fingerprint density at radius 1 is 1.53 bits per heavy atom. The maximum atomic E-state index is 12.1. The lowest BCUT2D eigenvalue weighted by Crippen LogP contribution is -2.61. The van der Waals surface area contributed by atoms with E-state index >= 15 is 0 Å². The quantitative estimate of drug-likeness (QED) is 0.847. The van der Waals surface area contributed by atoms with E-state index in [9.17, 15) is 4.79 Å². The standard InChI is InChI=1S/C11H18N4OS/c1-11(2)9(16)14(3)4-5-15(11)6-8-7-17-10(12)13-8/h7H,4-6H2,1-3H3,(H2,12,13). The lowest BCUT2D eigenvalue weighted by Gasteiger charge is -2.44. The molecular formula is C11H18N4OS. The molecule has 0 aliphatic carbocycles. The van der Waals surface area contributed by atoms with Crippen molar-refractivity contribution < 1.29 is 4.79 Å². The second kappa shape index (κ2) is 4.27. The Kier molecular flexibility index (Phi) is 3.09. The number of likely N-dealkylation sites (N-methyl/N-ethyl adjacent to an activating group) is 1. The van der Waals surface area contributed by atoms with E-state index in [-0.39, 0.29) is 5.91 Å². The first-order valence-corrected chi connectivity index (χ1v) is 6.49. The highest BCUT2D eigenvalue weighted by Crippen LogP contribution is 2.24. The van der Waals surface area contributed by atoms with Crippen molar-refractivity contribution in [3.8, 4) is 0 Å². The van der Waals surface area contributed by atoms with Gasteiger partial charge in [0.25, 0.3) is 0 Å². The molecule has 0 radical (unpaired) electrons. The average molecular weight is 254 g/mol. The Balaban J connectivity index is 2.13. The number of nitrogen functional groups attached to an aromatic ring is 1. The van der Waals surface area contributed by atoms with Gasteiger partial charge in [0.2, 0.25) is 5.91 Å². The van der Waals surface area contributed by atoms with Gasteiger partial charge < -0.3 is 10.6 Å². The molecule has 1 fully saturated rings. The zero-order valence-electron chi connectivity index (χ0n) is 10.4. The van der Waals surface area contributed by atoms with E-state index in [1.807, 2.05) is 26.3 Å². The van der Waals surface area contributed by atoms with Crippen molar-refractivity contribution in [2.75, 3.05) is 25.9 Å². The van der Waals surface area contributed by atoms with Gasteiger partial charge in [-0.15, -0.1) is 11.3 Å². The number of hydrogen-bond donors (Lipinski definition) is 1. The van der Waals surface area contributed by atoms with E-state index in [1.54, 1.807) is 4.90 Å². The number of hydrogen-bond acceptors (Lipinski definition) is 5. The fourth-order valence-electron chi connectivity index (χ4n) is 2.12. The van der Waals surface area contributed by atoms with Gasteiger partial charge in [0.15, 0.2) is 5.13 Å². The molecular weight excluding hydrogens is 236 g/mol. The number of aromatic nitrogens is 1. The van der Waals surface area contributed by atoms with Gasteiger partial charge in [-0.2, -0.15) is 0 Å². The van der Waals surface area contributed by atoms with Crippen LogP contribution in [0.5, 0.6) is 0 Å². The lowest BCUT2D eigenvalue weighted by atomic mass is 9.97. The van der Waals surface area contributed by atoms with Gasteiger partial charge in [0.1, 0.15) is 0 Å². The van der Waals surface area contributed by atoms with Crippen LogP contribution >= 0.6 is 11.3 Å². The Bertz CT molecular complexity index is 429. The smallest absolute Gasteiger partial charge is 0.242 e. The van der Waals surface area contributed by atoms with Gasteiger partial charge in [-0.1, -0.05) is 0 Å². The second-order valence-corrected chi connectivity index (χ2v) is 5.77. The van der Waals surface area contributed by atoms with Gasteiger partial charge >= 0.3 is 0 Å². The van der Waals surface area contributed by atoms with E-state index in [0.29, 0.717) is 11.7 Å². The largest absolute Gasteiger partial charge is 0.375 e. The van der Waals surface area contributed by atoms with Crippen molar-refractivity contribution in [1.29, 1.82) is 0 Å². The zero-order valence-corrected chi connectivity index (χ0v) is 11.3. The van der Waals surface area contributed by atoms with Crippen LogP contribution in [0.3, 0.4) is 0 Å². The van der Waals surface area contributed by atoms with Crippen molar-refractivity contribution in [2.45, 2.75) is 25.9 Å². The summed E-state index contributed by atoms with van der Waals surface area (Å²) < 4.78 is 0. The SMILES string of the molecule is CN1CCN(Cc2csc(N)n2)C(C)(C)C1=O. The summed E-state index contributed by atoms with van der Waals surface area (Å²) in [5, 5.41) is 2.53. The molecule has 1 saturated heterocycles. The molecule has 5 nitrogen and oxygen atoms in total. The minimum absolute atomic E-state index is 0.159. The Hall–Kier alpha value is -1.14. The van der Waals surface area contributed by atoms with Gasteiger partial charge in [-0.05, 0) is 13.8 Å². The first-order chi connectivity index (χ1) is 7.91. The predicted molar refractivity (Wildman–Crippen MR) is 68.7 cm³/mol. The molecule has 1 aliphatic rings. The summed E-state index contributed by atoms with van der Waals surface area (Å²) in [5.41, 5.74) is 6.09. The molecule has 0 spiro atoms. The Morgan fingerprint density at radius 2 is 2.24 bits per heavy atom. The molecule has 0 atom stereocenters. The molecule has 2 heterocycles. The third-order valence-corrected chi connectivity index (χ3v) is 4.01. The summed E-state index contributed by atoms with van der Waals surface area (Å²) in [6.07, 6.45) is 0. The van der Waals surface area contributed by atoms with Crippen molar-refractivity contribution in [3.63, 3.8) is 0 Å². The molecule has 94 valence electrons. The fraction of sp³-hybridized carbons (Fsp3) is 0.636. The molecule has 0 unspecified atom stereocenters. The highest BCUT2D eigenvalue weighted by molar-refractivity contribution is 7.13. The molecule has 0 bridgehead atoms. The molecule has 1 aromatic rings. The summed E-state index contributed by atoms with van der Waals surface area (Å²) >= 11 is 1.44. The number of piperazine rings is 1. The van der Waals surface area contributed by atoms with Crippen molar-refractivity contribution in [3.05, 3.63) is 11.1 Å². The maximum Gasteiger partial charge on any atom is 0.242 e. The molecule has 1 amide bonds. The molecule has 6 heteroatoms. The van der Waals surface area contributed by atoms with Gasteiger partial charge in [0, 0.05) is 32.1 Å². The van der Waals surface area contributed by atoms with Crippen molar-refractivity contribution in [1.82, 2.24) is 14.8 Å². The molecule has 17 heavy (non-hydrogen) atoms. The number of nitrogens with two attached hydrogens (primary N) is 1. The normalized spacial score (nSPS) is 20.9. The Morgan fingerprint density at radius 3 is 2.82 bits per heavy atom. The van der Waals surface area contributed by atoms with Crippen LogP contribution in [0.15, 0.2) is 5.38 Å². The number of thiazole rings is 1. The van der Waals surface area contributed by atoms with Gasteiger partial charge in [-0.25, -0.2) is 4.98 Å². The van der Waals surface area contributed by atoms with Crippen LogP contribution in [0.1, 0.15) is 19.5 Å². The van der Waals surface area contributed by atoms with E-state index in [1.165, 1.54) is 11.3 Å². The molecule has 2 N–H and O–H groups in total. The molecule has 0 saturated carbocycles. The molecule has 0 aromatic carbocycles. The summed E-state index contributed by atoms with van der Waals surface area (Å²) in [5.74, 6) is 0.159. The lowest BCUT2D eigenvalue weighted by molar-refractivity contribution is -0.147. The highest BCUT2D eigenvalue weighted by Gasteiger charge is 2.40. The second-order valence-electron chi connectivity index (χ2n) is 4.88. The molecule has 1 aromatic heterocycles. The minimum Gasteiger partial charge on any atom is -0.375 e. The third kappa shape index (κ3) is 2.28.